The van der Waals surface area contributed by atoms with Gasteiger partial charge in [0.2, 0.25) is 0 Å². The maximum atomic E-state index is 10.2. The van der Waals surface area contributed by atoms with Crippen LogP contribution in [0.25, 0.3) is 0 Å². The second-order valence-electron chi connectivity index (χ2n) is 3.67. The number of hydrogen-bond acceptors (Lipinski definition) is 3. The molecule has 86 valence electrons. The fraction of sp³-hybridized carbons (Fsp3) is 0.875. The number of rotatable bonds is 3. The van der Waals surface area contributed by atoms with Gasteiger partial charge in [-0.1, -0.05) is 0 Å². The highest BCUT2D eigenvalue weighted by Gasteiger charge is 2.17. The first kappa shape index (κ1) is 11.7. The molecule has 7 nitrogen and oxygen atoms in total. The predicted molar refractivity (Wildman–Crippen MR) is 55.0 cm³/mol. The van der Waals surface area contributed by atoms with Crippen LogP contribution < -0.4 is 5.32 Å². The van der Waals surface area contributed by atoms with E-state index >= 15 is 0 Å². The highest BCUT2D eigenvalue weighted by molar-refractivity contribution is 5.78. The molecule has 1 saturated heterocycles. The summed E-state index contributed by atoms with van der Waals surface area (Å²) in [6, 6.07) is 0. The SMILES string of the molecule is CN(C)C(=N[N+](=O)[O-])NCC1CCOC1. The number of nitro groups is 1. The van der Waals surface area contributed by atoms with Crippen LogP contribution in [0.1, 0.15) is 6.42 Å². The molecule has 1 atom stereocenters. The lowest BCUT2D eigenvalue weighted by atomic mass is 10.1. The molecule has 1 fully saturated rings. The fourth-order valence-corrected chi connectivity index (χ4v) is 1.34. The van der Waals surface area contributed by atoms with Crippen LogP contribution in [0, 0.1) is 16.0 Å². The summed E-state index contributed by atoms with van der Waals surface area (Å²) >= 11 is 0. The minimum absolute atomic E-state index is 0.270. The normalized spacial score (nSPS) is 21.5. The standard InChI is InChI=1S/C8H16N4O3/c1-11(2)8(10-12(13)14)9-5-7-3-4-15-6-7/h7H,3-6H2,1-2H3,(H,9,10). The Hall–Kier alpha value is -1.37. The Labute approximate surface area is 88.2 Å². The molecule has 0 aromatic heterocycles. The van der Waals surface area contributed by atoms with Crippen molar-refractivity contribution in [3.8, 4) is 0 Å². The number of ether oxygens (including phenoxy) is 1. The third kappa shape index (κ3) is 4.11. The monoisotopic (exact) mass is 216 g/mol. The van der Waals surface area contributed by atoms with Crippen LogP contribution in [0.4, 0.5) is 0 Å². The molecule has 0 aliphatic carbocycles. The number of guanidine groups is 1. The minimum atomic E-state index is -0.701. The van der Waals surface area contributed by atoms with E-state index in [1.165, 1.54) is 0 Å². The van der Waals surface area contributed by atoms with E-state index in [4.69, 9.17) is 4.74 Å². The van der Waals surface area contributed by atoms with E-state index in [-0.39, 0.29) is 5.96 Å². The summed E-state index contributed by atoms with van der Waals surface area (Å²) in [4.78, 5) is 11.8. The Morgan fingerprint density at radius 1 is 1.73 bits per heavy atom. The Morgan fingerprint density at radius 3 is 2.93 bits per heavy atom. The van der Waals surface area contributed by atoms with Gasteiger partial charge in [-0.25, -0.2) is 10.1 Å². The molecule has 0 radical (unpaired) electrons. The summed E-state index contributed by atoms with van der Waals surface area (Å²) in [5, 5.41) is 15.7. The molecule has 1 aliphatic heterocycles. The molecule has 0 amide bonds. The first-order valence-corrected chi connectivity index (χ1v) is 4.81. The van der Waals surface area contributed by atoms with Crippen LogP contribution in [-0.4, -0.2) is 49.7 Å². The van der Waals surface area contributed by atoms with Crippen molar-refractivity contribution in [3.05, 3.63) is 10.1 Å². The average molecular weight is 216 g/mol. The first-order chi connectivity index (χ1) is 7.09. The van der Waals surface area contributed by atoms with Crippen molar-refractivity contribution in [2.24, 2.45) is 11.0 Å². The van der Waals surface area contributed by atoms with Gasteiger partial charge in [-0.15, -0.1) is 0 Å². The maximum Gasteiger partial charge on any atom is 0.270 e. The van der Waals surface area contributed by atoms with Crippen LogP contribution in [0.5, 0.6) is 0 Å². The van der Waals surface area contributed by atoms with Gasteiger partial charge in [-0.3, -0.25) is 0 Å². The van der Waals surface area contributed by atoms with Crippen molar-refractivity contribution < 1.29 is 9.77 Å². The molecule has 1 unspecified atom stereocenters. The van der Waals surface area contributed by atoms with Gasteiger partial charge >= 0.3 is 0 Å². The smallest absolute Gasteiger partial charge is 0.270 e. The third-order valence-electron chi connectivity index (χ3n) is 2.17. The zero-order valence-electron chi connectivity index (χ0n) is 8.97. The third-order valence-corrected chi connectivity index (χ3v) is 2.17. The largest absolute Gasteiger partial charge is 0.381 e. The molecule has 0 aromatic carbocycles. The zero-order chi connectivity index (χ0) is 11.3. The molecule has 1 N–H and O–H groups in total. The molecule has 1 heterocycles. The van der Waals surface area contributed by atoms with E-state index in [2.05, 4.69) is 10.4 Å². The van der Waals surface area contributed by atoms with Crippen molar-refractivity contribution in [2.45, 2.75) is 6.42 Å². The number of nitrogens with one attached hydrogen (secondary N) is 1. The van der Waals surface area contributed by atoms with Crippen molar-refractivity contribution in [2.75, 3.05) is 33.9 Å². The highest BCUT2D eigenvalue weighted by atomic mass is 16.7. The van der Waals surface area contributed by atoms with Gasteiger partial charge in [-0.05, 0) is 6.42 Å². The van der Waals surface area contributed by atoms with E-state index in [0.717, 1.165) is 13.0 Å². The molecule has 7 heteroatoms. The van der Waals surface area contributed by atoms with Gasteiger partial charge in [0.15, 0.2) is 5.03 Å². The molecule has 1 rings (SSSR count). The van der Waals surface area contributed by atoms with Crippen LogP contribution in [0.15, 0.2) is 5.10 Å². The second kappa shape index (κ2) is 5.50. The molecule has 15 heavy (non-hydrogen) atoms. The van der Waals surface area contributed by atoms with Gasteiger partial charge in [-0.2, -0.15) is 0 Å². The van der Waals surface area contributed by atoms with Crippen LogP contribution in [0.2, 0.25) is 0 Å². The van der Waals surface area contributed by atoms with Crippen molar-refractivity contribution in [3.63, 3.8) is 0 Å². The van der Waals surface area contributed by atoms with E-state index in [1.807, 2.05) is 0 Å². The lowest BCUT2D eigenvalue weighted by molar-refractivity contribution is -0.485. The summed E-state index contributed by atoms with van der Waals surface area (Å²) < 4.78 is 5.20. The molecule has 0 bridgehead atoms. The van der Waals surface area contributed by atoms with E-state index in [1.54, 1.807) is 19.0 Å². The molecular formula is C8H16N4O3. The van der Waals surface area contributed by atoms with Crippen molar-refractivity contribution >= 4 is 5.96 Å². The van der Waals surface area contributed by atoms with Gasteiger partial charge in [0.05, 0.1) is 6.61 Å². The van der Waals surface area contributed by atoms with E-state index < -0.39 is 5.03 Å². The molecule has 0 saturated carbocycles. The summed E-state index contributed by atoms with van der Waals surface area (Å²) in [7, 11) is 3.42. The van der Waals surface area contributed by atoms with Crippen LogP contribution >= 0.6 is 0 Å². The van der Waals surface area contributed by atoms with Gasteiger partial charge in [0.1, 0.15) is 5.10 Å². The summed E-state index contributed by atoms with van der Waals surface area (Å²) in [5.74, 6) is 0.689. The summed E-state index contributed by atoms with van der Waals surface area (Å²) in [5.41, 5.74) is 0. The Balaban J connectivity index is 2.40. The minimum Gasteiger partial charge on any atom is -0.381 e. The summed E-state index contributed by atoms with van der Waals surface area (Å²) in [6.45, 7) is 2.15. The fourth-order valence-electron chi connectivity index (χ4n) is 1.34. The van der Waals surface area contributed by atoms with Crippen molar-refractivity contribution in [1.82, 2.24) is 10.2 Å². The first-order valence-electron chi connectivity index (χ1n) is 4.81. The summed E-state index contributed by atoms with van der Waals surface area (Å²) in [6.07, 6.45) is 0.992. The number of nitrogens with zero attached hydrogens (tertiary/aromatic N) is 3. The molecule has 0 spiro atoms. The average Bonchev–Trinajstić information content (AvgIpc) is 2.63. The topological polar surface area (TPSA) is 80.0 Å². The van der Waals surface area contributed by atoms with Gasteiger partial charge < -0.3 is 15.0 Å². The number of hydrazone groups is 1. The Morgan fingerprint density at radius 2 is 2.47 bits per heavy atom. The molecular weight excluding hydrogens is 200 g/mol. The van der Waals surface area contributed by atoms with Crippen molar-refractivity contribution in [1.29, 1.82) is 0 Å². The van der Waals surface area contributed by atoms with E-state index in [0.29, 0.717) is 19.1 Å². The quantitative estimate of drug-likeness (QED) is 0.304. The highest BCUT2D eigenvalue weighted by Crippen LogP contribution is 2.10. The lowest BCUT2D eigenvalue weighted by Crippen LogP contribution is -2.39. The van der Waals surface area contributed by atoms with Gasteiger partial charge in [0.25, 0.3) is 5.96 Å². The lowest BCUT2D eigenvalue weighted by Gasteiger charge is -2.16. The zero-order valence-corrected chi connectivity index (χ0v) is 8.97. The predicted octanol–water partition coefficient (Wildman–Crippen LogP) is -0.278. The molecule has 1 aliphatic rings. The maximum absolute atomic E-state index is 10.2. The van der Waals surface area contributed by atoms with Crippen LogP contribution in [0.3, 0.4) is 0 Å². The van der Waals surface area contributed by atoms with Gasteiger partial charge in [0, 0.05) is 33.2 Å². The van der Waals surface area contributed by atoms with Crippen LogP contribution in [-0.2, 0) is 4.74 Å². The Kier molecular flexibility index (Phi) is 4.29. The number of hydrogen-bond donors (Lipinski definition) is 1. The molecule has 0 aromatic rings. The Bertz CT molecular complexity index is 248. The van der Waals surface area contributed by atoms with E-state index in [9.17, 15) is 10.1 Å². The second-order valence-corrected chi connectivity index (χ2v) is 3.67.